The molecular weight excluding hydrogens is 298 g/mol. The summed E-state index contributed by atoms with van der Waals surface area (Å²) in [5.41, 5.74) is 2.25. The predicted molar refractivity (Wildman–Crippen MR) is 91.2 cm³/mol. The van der Waals surface area contributed by atoms with Crippen molar-refractivity contribution >= 4 is 17.6 Å². The van der Waals surface area contributed by atoms with E-state index in [1.54, 1.807) is 7.05 Å². The van der Waals surface area contributed by atoms with E-state index in [2.05, 4.69) is 20.3 Å². The Morgan fingerprint density at radius 3 is 2.82 bits per heavy atom. The number of nitrogens with zero attached hydrogens (tertiary/aromatic N) is 4. The summed E-state index contributed by atoms with van der Waals surface area (Å²) in [7, 11) is 3.78. The summed E-state index contributed by atoms with van der Waals surface area (Å²) in [4.78, 5) is 6.36. The molecule has 0 amide bonds. The summed E-state index contributed by atoms with van der Waals surface area (Å²) in [6.45, 7) is 4.31. The number of benzene rings is 1. The van der Waals surface area contributed by atoms with Gasteiger partial charge in [-0.3, -0.25) is 9.67 Å². The first kappa shape index (κ1) is 16.4. The fourth-order valence-electron chi connectivity index (χ4n) is 2.21. The molecule has 0 spiro atoms. The van der Waals surface area contributed by atoms with Gasteiger partial charge >= 0.3 is 0 Å². The Balaban J connectivity index is 1.87. The molecule has 0 bridgehead atoms. The molecule has 1 N–H and O–H groups in total. The van der Waals surface area contributed by atoms with Gasteiger partial charge in [-0.1, -0.05) is 29.8 Å². The van der Waals surface area contributed by atoms with Crippen LogP contribution in [0, 0.1) is 6.92 Å². The second kappa shape index (κ2) is 7.84. The molecule has 0 atom stereocenters. The van der Waals surface area contributed by atoms with Crippen molar-refractivity contribution in [1.29, 1.82) is 0 Å². The summed E-state index contributed by atoms with van der Waals surface area (Å²) in [6.07, 6.45) is 3.89. The molecule has 0 saturated heterocycles. The first-order valence-electron chi connectivity index (χ1n) is 7.24. The number of nitrogens with one attached hydrogen (secondary N) is 1. The Kier molecular flexibility index (Phi) is 5.83. The Hall–Kier alpha value is -2.01. The van der Waals surface area contributed by atoms with Crippen LogP contribution >= 0.6 is 11.6 Å². The summed E-state index contributed by atoms with van der Waals surface area (Å²) in [6, 6.07) is 7.86. The van der Waals surface area contributed by atoms with Gasteiger partial charge in [0, 0.05) is 38.4 Å². The van der Waals surface area contributed by atoms with Gasteiger partial charge in [-0.15, -0.1) is 0 Å². The third-order valence-corrected chi connectivity index (χ3v) is 3.69. The van der Waals surface area contributed by atoms with Gasteiger partial charge in [0.15, 0.2) is 5.96 Å². The molecule has 0 radical (unpaired) electrons. The zero-order valence-electron chi connectivity index (χ0n) is 13.3. The molecule has 0 aliphatic rings. The monoisotopic (exact) mass is 319 g/mol. The standard InChI is InChI=1S/C16H22ClN5/c1-13-10-20-22(11-13)9-8-19-16(18-2)21(3)12-14-6-4-5-7-15(14)17/h4-7,10-11H,8-9,12H2,1-3H3,(H,18,19). The van der Waals surface area contributed by atoms with Crippen LogP contribution in [0.15, 0.2) is 41.7 Å². The van der Waals surface area contributed by atoms with Crippen LogP contribution in [0.1, 0.15) is 11.1 Å². The van der Waals surface area contributed by atoms with Gasteiger partial charge in [0.1, 0.15) is 0 Å². The van der Waals surface area contributed by atoms with Crippen molar-refractivity contribution in [3.05, 3.63) is 52.8 Å². The molecule has 0 aliphatic heterocycles. The highest BCUT2D eigenvalue weighted by Crippen LogP contribution is 2.16. The minimum Gasteiger partial charge on any atom is -0.354 e. The van der Waals surface area contributed by atoms with E-state index in [9.17, 15) is 0 Å². The van der Waals surface area contributed by atoms with Crippen molar-refractivity contribution in [1.82, 2.24) is 20.0 Å². The Labute approximate surface area is 136 Å². The first-order chi connectivity index (χ1) is 10.6. The maximum absolute atomic E-state index is 6.20. The molecule has 0 fully saturated rings. The zero-order chi connectivity index (χ0) is 15.9. The van der Waals surface area contributed by atoms with Gasteiger partial charge in [0.2, 0.25) is 0 Å². The van der Waals surface area contributed by atoms with Gasteiger partial charge in [0.05, 0.1) is 12.7 Å². The van der Waals surface area contributed by atoms with Crippen LogP contribution < -0.4 is 5.32 Å². The molecule has 1 aromatic heterocycles. The van der Waals surface area contributed by atoms with Crippen LogP contribution in [0.5, 0.6) is 0 Å². The average molecular weight is 320 g/mol. The SMILES string of the molecule is CN=C(NCCn1cc(C)cn1)N(C)Cc1ccccc1Cl. The number of aryl methyl sites for hydroxylation is 1. The van der Waals surface area contributed by atoms with Crippen LogP contribution in [0.25, 0.3) is 0 Å². The van der Waals surface area contributed by atoms with Crippen molar-refractivity contribution < 1.29 is 0 Å². The summed E-state index contributed by atoms with van der Waals surface area (Å²) < 4.78 is 1.92. The van der Waals surface area contributed by atoms with Crippen molar-refractivity contribution in [2.24, 2.45) is 4.99 Å². The van der Waals surface area contributed by atoms with Gasteiger partial charge in [0.25, 0.3) is 0 Å². The molecule has 22 heavy (non-hydrogen) atoms. The minimum atomic E-state index is 0.709. The van der Waals surface area contributed by atoms with Crippen molar-refractivity contribution in [2.45, 2.75) is 20.0 Å². The molecule has 1 aromatic carbocycles. The molecule has 6 heteroatoms. The van der Waals surface area contributed by atoms with Gasteiger partial charge in [-0.2, -0.15) is 5.10 Å². The number of aromatic nitrogens is 2. The number of hydrogen-bond donors (Lipinski definition) is 1. The maximum atomic E-state index is 6.20. The largest absolute Gasteiger partial charge is 0.354 e. The lowest BCUT2D eigenvalue weighted by atomic mass is 10.2. The van der Waals surface area contributed by atoms with Crippen LogP contribution in [0.3, 0.4) is 0 Å². The first-order valence-corrected chi connectivity index (χ1v) is 7.62. The molecule has 2 rings (SSSR count). The summed E-state index contributed by atoms with van der Waals surface area (Å²) in [5.74, 6) is 0.837. The van der Waals surface area contributed by atoms with E-state index in [0.717, 1.165) is 29.6 Å². The highest BCUT2D eigenvalue weighted by Gasteiger charge is 2.08. The van der Waals surface area contributed by atoms with Gasteiger partial charge in [-0.25, -0.2) is 0 Å². The van der Waals surface area contributed by atoms with E-state index in [1.165, 1.54) is 5.56 Å². The van der Waals surface area contributed by atoms with Gasteiger partial charge < -0.3 is 10.2 Å². The smallest absolute Gasteiger partial charge is 0.193 e. The van der Waals surface area contributed by atoms with Crippen LogP contribution in [0.4, 0.5) is 0 Å². The fourth-order valence-corrected chi connectivity index (χ4v) is 2.41. The highest BCUT2D eigenvalue weighted by atomic mass is 35.5. The zero-order valence-corrected chi connectivity index (χ0v) is 14.0. The third-order valence-electron chi connectivity index (χ3n) is 3.33. The number of halogens is 1. The van der Waals surface area contributed by atoms with Crippen LogP contribution in [-0.2, 0) is 13.1 Å². The van der Waals surface area contributed by atoms with E-state index < -0.39 is 0 Å². The number of rotatable bonds is 5. The van der Waals surface area contributed by atoms with E-state index in [-0.39, 0.29) is 0 Å². The molecule has 0 aliphatic carbocycles. The minimum absolute atomic E-state index is 0.709. The normalized spacial score (nSPS) is 11.5. The molecular formula is C16H22ClN5. The predicted octanol–water partition coefficient (Wildman–Crippen LogP) is 2.55. The Bertz CT molecular complexity index is 635. The van der Waals surface area contributed by atoms with E-state index >= 15 is 0 Å². The van der Waals surface area contributed by atoms with E-state index in [1.807, 2.05) is 55.3 Å². The highest BCUT2D eigenvalue weighted by molar-refractivity contribution is 6.31. The second-order valence-corrected chi connectivity index (χ2v) is 5.61. The molecule has 2 aromatic rings. The molecule has 118 valence electrons. The number of aliphatic imine (C=N–C) groups is 1. The molecule has 1 heterocycles. The third kappa shape index (κ3) is 4.49. The van der Waals surface area contributed by atoms with E-state index in [0.29, 0.717) is 6.54 Å². The molecule has 0 unspecified atom stereocenters. The second-order valence-electron chi connectivity index (χ2n) is 5.20. The van der Waals surface area contributed by atoms with E-state index in [4.69, 9.17) is 11.6 Å². The number of guanidine groups is 1. The Morgan fingerprint density at radius 2 is 2.18 bits per heavy atom. The summed E-state index contributed by atoms with van der Waals surface area (Å²) >= 11 is 6.20. The maximum Gasteiger partial charge on any atom is 0.193 e. The lowest BCUT2D eigenvalue weighted by molar-refractivity contribution is 0.470. The summed E-state index contributed by atoms with van der Waals surface area (Å²) in [5, 5.41) is 8.38. The van der Waals surface area contributed by atoms with Crippen molar-refractivity contribution in [2.75, 3.05) is 20.6 Å². The number of hydrogen-bond acceptors (Lipinski definition) is 2. The average Bonchev–Trinajstić information content (AvgIpc) is 2.91. The van der Waals surface area contributed by atoms with Crippen molar-refractivity contribution in [3.8, 4) is 0 Å². The topological polar surface area (TPSA) is 45.5 Å². The van der Waals surface area contributed by atoms with Crippen molar-refractivity contribution in [3.63, 3.8) is 0 Å². The van der Waals surface area contributed by atoms with Crippen LogP contribution in [0.2, 0.25) is 5.02 Å². The Morgan fingerprint density at radius 1 is 1.41 bits per heavy atom. The molecule has 0 saturated carbocycles. The lowest BCUT2D eigenvalue weighted by Crippen LogP contribution is -2.39. The quantitative estimate of drug-likeness (QED) is 0.680. The van der Waals surface area contributed by atoms with Gasteiger partial charge in [-0.05, 0) is 24.1 Å². The fraction of sp³-hybridized carbons (Fsp3) is 0.375. The van der Waals surface area contributed by atoms with Crippen LogP contribution in [-0.4, -0.2) is 41.3 Å². The molecule has 5 nitrogen and oxygen atoms in total. The lowest BCUT2D eigenvalue weighted by Gasteiger charge is -2.22.